The fourth-order valence-electron chi connectivity index (χ4n) is 2.59. The highest BCUT2D eigenvalue weighted by Gasteiger charge is 2.31. The van der Waals surface area contributed by atoms with E-state index in [-0.39, 0.29) is 28.2 Å². The zero-order chi connectivity index (χ0) is 23.8. The number of ether oxygens (including phenoxy) is 2. The van der Waals surface area contributed by atoms with Gasteiger partial charge in [-0.3, -0.25) is 0 Å². The van der Waals surface area contributed by atoms with Gasteiger partial charge >= 0.3 is 12.1 Å². The van der Waals surface area contributed by atoms with Gasteiger partial charge < -0.3 is 13.7 Å². The maximum atomic E-state index is 12.8. The Bertz CT molecular complexity index is 1080. The van der Waals surface area contributed by atoms with E-state index < -0.39 is 23.8 Å². The van der Waals surface area contributed by atoms with Crippen LogP contribution in [0.3, 0.4) is 0 Å². The van der Waals surface area contributed by atoms with Crippen LogP contribution < -0.4 is 9.47 Å². The Labute approximate surface area is 202 Å². The molecule has 1 unspecified atom stereocenters. The number of hydrogen-bond donors (Lipinski definition) is 0. The lowest BCUT2D eigenvalue weighted by Crippen LogP contribution is -2.34. The van der Waals surface area contributed by atoms with Crippen molar-refractivity contribution in [3.63, 3.8) is 0 Å². The molecule has 10 heteroatoms. The summed E-state index contributed by atoms with van der Waals surface area (Å²) in [4.78, 5) is 12.7. The van der Waals surface area contributed by atoms with Crippen molar-refractivity contribution in [2.45, 2.75) is 18.0 Å². The van der Waals surface area contributed by atoms with Gasteiger partial charge in [-0.05, 0) is 35.9 Å². The standard InChI is InChI=1S/C23H17Cl2F3O4S/c24-17-8-4-5-9-20(17)31-21(22(29)32-33-14-15-6-2-1-3-7-15)13-30-19-11-10-16(12-18(19)25)23(26,27)28/h1-12,21H,13-14H2. The monoisotopic (exact) mass is 516 g/mol. The average molecular weight is 517 g/mol. The molecule has 174 valence electrons. The van der Waals surface area contributed by atoms with Crippen LogP contribution in [0.25, 0.3) is 0 Å². The molecule has 3 aromatic rings. The van der Waals surface area contributed by atoms with E-state index >= 15 is 0 Å². The lowest BCUT2D eigenvalue weighted by atomic mass is 10.2. The lowest BCUT2D eigenvalue weighted by molar-refractivity contribution is -0.142. The van der Waals surface area contributed by atoms with Gasteiger partial charge in [0.2, 0.25) is 6.10 Å². The van der Waals surface area contributed by atoms with Crippen LogP contribution in [0.15, 0.2) is 72.8 Å². The van der Waals surface area contributed by atoms with Crippen LogP contribution in [-0.2, 0) is 20.9 Å². The smallest absolute Gasteiger partial charge is 0.416 e. The van der Waals surface area contributed by atoms with Gasteiger partial charge in [-0.15, -0.1) is 0 Å². The zero-order valence-electron chi connectivity index (χ0n) is 16.9. The number of carbonyl (C=O) groups is 1. The van der Waals surface area contributed by atoms with Gasteiger partial charge in [-0.1, -0.05) is 65.7 Å². The van der Waals surface area contributed by atoms with Crippen molar-refractivity contribution in [2.75, 3.05) is 6.61 Å². The van der Waals surface area contributed by atoms with E-state index in [4.69, 9.17) is 36.9 Å². The molecule has 3 rings (SSSR count). The minimum absolute atomic E-state index is 0.0397. The second kappa shape index (κ2) is 11.5. The molecule has 0 N–H and O–H groups in total. The van der Waals surface area contributed by atoms with Gasteiger partial charge in [-0.2, -0.15) is 13.2 Å². The summed E-state index contributed by atoms with van der Waals surface area (Å²) in [5, 5.41) is 0.00735. The maximum absolute atomic E-state index is 12.8. The van der Waals surface area contributed by atoms with E-state index in [1.807, 2.05) is 30.3 Å². The van der Waals surface area contributed by atoms with E-state index in [1.165, 1.54) is 0 Å². The number of halogens is 5. The first-order valence-corrected chi connectivity index (χ1v) is 11.2. The lowest BCUT2D eigenvalue weighted by Gasteiger charge is -2.19. The predicted molar refractivity (Wildman–Crippen MR) is 122 cm³/mol. The molecule has 0 spiro atoms. The molecule has 0 bridgehead atoms. The Hall–Kier alpha value is -2.55. The number of rotatable bonds is 9. The molecule has 4 nitrogen and oxygen atoms in total. The molecule has 0 heterocycles. The van der Waals surface area contributed by atoms with Gasteiger partial charge in [0.25, 0.3) is 0 Å². The fourth-order valence-corrected chi connectivity index (χ4v) is 3.61. The highest BCUT2D eigenvalue weighted by Crippen LogP contribution is 2.35. The van der Waals surface area contributed by atoms with E-state index in [9.17, 15) is 18.0 Å². The van der Waals surface area contributed by atoms with Crippen LogP contribution in [0.4, 0.5) is 13.2 Å². The Morgan fingerprint density at radius 3 is 2.27 bits per heavy atom. The van der Waals surface area contributed by atoms with Crippen molar-refractivity contribution >= 4 is 41.2 Å². The number of carbonyl (C=O) groups excluding carboxylic acids is 1. The topological polar surface area (TPSA) is 44.8 Å². The Balaban J connectivity index is 1.68. The molecular weight excluding hydrogens is 500 g/mol. The highest BCUT2D eigenvalue weighted by atomic mass is 35.5. The van der Waals surface area contributed by atoms with Gasteiger partial charge in [0.1, 0.15) is 18.1 Å². The highest BCUT2D eigenvalue weighted by molar-refractivity contribution is 7.94. The minimum atomic E-state index is -4.54. The van der Waals surface area contributed by atoms with Crippen LogP contribution in [0.1, 0.15) is 11.1 Å². The average Bonchev–Trinajstić information content (AvgIpc) is 2.78. The molecule has 0 aliphatic carbocycles. The fraction of sp³-hybridized carbons (Fsp3) is 0.174. The van der Waals surface area contributed by atoms with E-state index in [1.54, 1.807) is 24.3 Å². The molecule has 33 heavy (non-hydrogen) atoms. The predicted octanol–water partition coefficient (Wildman–Crippen LogP) is 7.23. The van der Waals surface area contributed by atoms with Crippen LogP contribution in [0.2, 0.25) is 10.0 Å². The summed E-state index contributed by atoms with van der Waals surface area (Å²) in [7, 11) is 0. The van der Waals surface area contributed by atoms with Gasteiger partial charge in [0.15, 0.2) is 0 Å². The van der Waals surface area contributed by atoms with Gasteiger partial charge in [0.05, 0.1) is 33.4 Å². The maximum Gasteiger partial charge on any atom is 0.416 e. The third-order valence-corrected chi connectivity index (χ3v) is 5.57. The molecule has 1 atom stereocenters. The molecule has 0 fully saturated rings. The summed E-state index contributed by atoms with van der Waals surface area (Å²) in [5.74, 6) is -0.158. The van der Waals surface area contributed by atoms with Gasteiger partial charge in [0, 0.05) is 0 Å². The largest absolute Gasteiger partial charge is 0.488 e. The summed E-state index contributed by atoms with van der Waals surface area (Å²) in [6, 6.07) is 18.5. The normalized spacial score (nSPS) is 12.2. The summed E-state index contributed by atoms with van der Waals surface area (Å²) < 4.78 is 55.0. The Morgan fingerprint density at radius 1 is 0.909 bits per heavy atom. The van der Waals surface area contributed by atoms with Crippen molar-refractivity contribution in [2.24, 2.45) is 0 Å². The van der Waals surface area contributed by atoms with Crippen molar-refractivity contribution in [1.82, 2.24) is 0 Å². The molecule has 0 amide bonds. The van der Waals surface area contributed by atoms with E-state index in [2.05, 4.69) is 0 Å². The van der Waals surface area contributed by atoms with Crippen molar-refractivity contribution in [3.05, 3.63) is 94.0 Å². The summed E-state index contributed by atoms with van der Waals surface area (Å²) in [5.41, 5.74) is 0.0343. The molecule has 0 radical (unpaired) electrons. The summed E-state index contributed by atoms with van der Waals surface area (Å²) in [6.45, 7) is -0.374. The Kier molecular flexibility index (Phi) is 8.77. The van der Waals surface area contributed by atoms with E-state index in [0.29, 0.717) is 5.75 Å². The quantitative estimate of drug-likeness (QED) is 0.280. The number of para-hydroxylation sites is 1. The Morgan fingerprint density at radius 2 is 1.61 bits per heavy atom. The molecule has 0 aromatic heterocycles. The molecule has 3 aromatic carbocycles. The second-order valence-electron chi connectivity index (χ2n) is 6.64. The molecule has 0 aliphatic heterocycles. The van der Waals surface area contributed by atoms with Gasteiger partial charge in [-0.25, -0.2) is 4.79 Å². The van der Waals surface area contributed by atoms with Crippen molar-refractivity contribution < 1.29 is 31.6 Å². The minimum Gasteiger partial charge on any atom is -0.488 e. The molecule has 0 saturated heterocycles. The van der Waals surface area contributed by atoms with E-state index in [0.717, 1.165) is 35.8 Å². The number of hydrogen-bond acceptors (Lipinski definition) is 5. The first-order valence-electron chi connectivity index (χ1n) is 9.52. The van der Waals surface area contributed by atoms with Crippen LogP contribution in [-0.4, -0.2) is 18.7 Å². The first kappa shape index (κ1) is 25.1. The molecule has 0 saturated carbocycles. The van der Waals surface area contributed by atoms with Crippen LogP contribution >= 0.6 is 35.2 Å². The summed E-state index contributed by atoms with van der Waals surface area (Å²) >= 11 is 13.0. The summed E-state index contributed by atoms with van der Waals surface area (Å²) in [6.07, 6.45) is -5.80. The van der Waals surface area contributed by atoms with Crippen LogP contribution in [0.5, 0.6) is 11.5 Å². The number of alkyl halides is 3. The molecule has 0 aliphatic rings. The first-order chi connectivity index (χ1) is 15.7. The SMILES string of the molecule is O=C(OSCc1ccccc1)C(COc1ccc(C(F)(F)F)cc1Cl)Oc1ccccc1Cl. The van der Waals surface area contributed by atoms with Crippen molar-refractivity contribution in [1.29, 1.82) is 0 Å². The molecular formula is C23H17Cl2F3O4S. The third-order valence-electron chi connectivity index (χ3n) is 4.23. The zero-order valence-corrected chi connectivity index (χ0v) is 19.2. The number of benzene rings is 3. The third kappa shape index (κ3) is 7.48. The van der Waals surface area contributed by atoms with Crippen LogP contribution in [0, 0.1) is 0 Å². The van der Waals surface area contributed by atoms with Crippen molar-refractivity contribution in [3.8, 4) is 11.5 Å². The second-order valence-corrected chi connectivity index (χ2v) is 8.15.